The number of rotatable bonds is 5. The van der Waals surface area contributed by atoms with E-state index >= 15 is 0 Å². The normalized spacial score (nSPS) is 21.5. The number of fused-ring (bicyclic) bond motifs is 1. The first kappa shape index (κ1) is 17.5. The summed E-state index contributed by atoms with van der Waals surface area (Å²) in [7, 11) is 0. The zero-order valence-corrected chi connectivity index (χ0v) is 14.9. The lowest BCUT2D eigenvalue weighted by molar-refractivity contribution is 0.0828. The Bertz CT molecular complexity index is 531. The van der Waals surface area contributed by atoms with E-state index in [4.69, 9.17) is 5.11 Å². The zero-order chi connectivity index (χ0) is 16.5. The maximum absolute atomic E-state index is 10.4. The van der Waals surface area contributed by atoms with Crippen LogP contribution in [-0.4, -0.2) is 22.9 Å². The number of aryl methyl sites for hydroxylation is 1. The maximum atomic E-state index is 10.4. The van der Waals surface area contributed by atoms with Gasteiger partial charge in [0, 0.05) is 12.0 Å². The molecule has 0 aliphatic heterocycles. The van der Waals surface area contributed by atoms with Gasteiger partial charge in [0.25, 0.3) is 0 Å². The molecule has 0 saturated carbocycles. The summed E-state index contributed by atoms with van der Waals surface area (Å²) < 4.78 is 0. The molecule has 1 aliphatic carbocycles. The predicted octanol–water partition coefficient (Wildman–Crippen LogP) is 3.84. The molecular formula is C20H32O2. The molecule has 0 amide bonds. The van der Waals surface area contributed by atoms with Gasteiger partial charge in [-0.25, -0.2) is 0 Å². The molecule has 0 aromatic heterocycles. The van der Waals surface area contributed by atoms with E-state index in [1.54, 1.807) is 0 Å². The summed E-state index contributed by atoms with van der Waals surface area (Å²) in [4.78, 5) is 0. The second kappa shape index (κ2) is 6.72. The molecule has 1 aromatic carbocycles. The molecule has 1 aliphatic rings. The van der Waals surface area contributed by atoms with Crippen molar-refractivity contribution < 1.29 is 10.2 Å². The third-order valence-corrected chi connectivity index (χ3v) is 5.80. The number of aliphatic hydroxyl groups is 2. The maximum Gasteiger partial charge on any atom is 0.0634 e. The highest BCUT2D eigenvalue weighted by Gasteiger charge is 2.36. The molecule has 0 bridgehead atoms. The van der Waals surface area contributed by atoms with Gasteiger partial charge in [-0.3, -0.25) is 0 Å². The van der Waals surface area contributed by atoms with Gasteiger partial charge in [0.15, 0.2) is 0 Å². The highest BCUT2D eigenvalue weighted by molar-refractivity contribution is 5.50. The standard InChI is InChI=1S/C20H32O2/c1-13(10-11-21)6-7-16-15(3)14(2)12-18-17(16)8-9-19(22)20(18,4)5/h12-13,19,21-22H,6-11H2,1-5H3/t13-,19-/m0/s1. The molecule has 2 atom stereocenters. The van der Waals surface area contributed by atoms with E-state index in [1.807, 2.05) is 0 Å². The van der Waals surface area contributed by atoms with Crippen LogP contribution in [0.1, 0.15) is 67.9 Å². The molecule has 0 unspecified atom stereocenters. The molecule has 22 heavy (non-hydrogen) atoms. The van der Waals surface area contributed by atoms with E-state index in [0.29, 0.717) is 5.92 Å². The summed E-state index contributed by atoms with van der Waals surface area (Å²) in [5, 5.41) is 19.5. The molecule has 124 valence electrons. The molecule has 0 saturated heterocycles. The Hall–Kier alpha value is -0.860. The van der Waals surface area contributed by atoms with Crippen molar-refractivity contribution in [2.75, 3.05) is 6.61 Å². The first-order valence-electron chi connectivity index (χ1n) is 8.70. The van der Waals surface area contributed by atoms with Crippen LogP contribution in [0.15, 0.2) is 6.07 Å². The smallest absolute Gasteiger partial charge is 0.0634 e. The second-order valence-corrected chi connectivity index (χ2v) is 7.76. The van der Waals surface area contributed by atoms with Gasteiger partial charge >= 0.3 is 0 Å². The summed E-state index contributed by atoms with van der Waals surface area (Å²) in [6.45, 7) is 11.3. The van der Waals surface area contributed by atoms with Gasteiger partial charge in [-0.05, 0) is 79.7 Å². The number of benzene rings is 1. The Morgan fingerprint density at radius 2 is 1.95 bits per heavy atom. The lowest BCUT2D eigenvalue weighted by atomic mass is 9.68. The fourth-order valence-corrected chi connectivity index (χ4v) is 3.81. The number of aliphatic hydroxyl groups excluding tert-OH is 2. The third-order valence-electron chi connectivity index (χ3n) is 5.80. The van der Waals surface area contributed by atoms with Crippen molar-refractivity contribution in [1.29, 1.82) is 0 Å². The first-order chi connectivity index (χ1) is 10.3. The molecular weight excluding hydrogens is 272 g/mol. The lowest BCUT2D eigenvalue weighted by Crippen LogP contribution is -2.39. The van der Waals surface area contributed by atoms with Crippen molar-refractivity contribution in [2.45, 2.75) is 78.2 Å². The van der Waals surface area contributed by atoms with Crippen molar-refractivity contribution in [1.82, 2.24) is 0 Å². The largest absolute Gasteiger partial charge is 0.396 e. The van der Waals surface area contributed by atoms with Crippen molar-refractivity contribution in [3.63, 3.8) is 0 Å². The van der Waals surface area contributed by atoms with Gasteiger partial charge < -0.3 is 10.2 Å². The molecule has 2 rings (SSSR count). The second-order valence-electron chi connectivity index (χ2n) is 7.76. The molecule has 0 spiro atoms. The molecule has 0 heterocycles. The van der Waals surface area contributed by atoms with Crippen LogP contribution in [0, 0.1) is 19.8 Å². The van der Waals surface area contributed by atoms with Crippen LogP contribution in [0.4, 0.5) is 0 Å². The van der Waals surface area contributed by atoms with Gasteiger partial charge in [-0.2, -0.15) is 0 Å². The molecule has 0 fully saturated rings. The van der Waals surface area contributed by atoms with E-state index in [-0.39, 0.29) is 18.1 Å². The minimum Gasteiger partial charge on any atom is -0.396 e. The third kappa shape index (κ3) is 3.23. The van der Waals surface area contributed by atoms with E-state index in [1.165, 1.54) is 27.8 Å². The Labute approximate surface area is 135 Å². The monoisotopic (exact) mass is 304 g/mol. The molecule has 0 radical (unpaired) electrons. The van der Waals surface area contributed by atoms with Crippen LogP contribution in [0.5, 0.6) is 0 Å². The Morgan fingerprint density at radius 3 is 2.59 bits per heavy atom. The number of hydrogen-bond donors (Lipinski definition) is 2. The Balaban J connectivity index is 2.38. The fraction of sp³-hybridized carbons (Fsp3) is 0.700. The summed E-state index contributed by atoms with van der Waals surface area (Å²) in [6, 6.07) is 2.30. The zero-order valence-electron chi connectivity index (χ0n) is 14.9. The summed E-state index contributed by atoms with van der Waals surface area (Å²) in [5.41, 5.74) is 6.93. The first-order valence-corrected chi connectivity index (χ1v) is 8.70. The summed E-state index contributed by atoms with van der Waals surface area (Å²) in [6.07, 6.45) is 4.70. The lowest BCUT2D eigenvalue weighted by Gasteiger charge is -2.39. The highest BCUT2D eigenvalue weighted by atomic mass is 16.3. The van der Waals surface area contributed by atoms with Crippen LogP contribution in [0.2, 0.25) is 0 Å². The molecule has 1 aromatic rings. The van der Waals surface area contributed by atoms with Gasteiger partial charge in [0.1, 0.15) is 0 Å². The Kier molecular flexibility index (Phi) is 5.34. The van der Waals surface area contributed by atoms with Crippen molar-refractivity contribution in [2.24, 2.45) is 5.92 Å². The van der Waals surface area contributed by atoms with Crippen LogP contribution in [0.25, 0.3) is 0 Å². The fourth-order valence-electron chi connectivity index (χ4n) is 3.81. The highest BCUT2D eigenvalue weighted by Crippen LogP contribution is 2.40. The Morgan fingerprint density at radius 1 is 1.27 bits per heavy atom. The molecule has 2 nitrogen and oxygen atoms in total. The summed E-state index contributed by atoms with van der Waals surface area (Å²) in [5.74, 6) is 0.558. The van der Waals surface area contributed by atoms with E-state index in [2.05, 4.69) is 40.7 Å². The SMILES string of the molecule is Cc1cc2c(c(CC[C@H](C)CCO)c1C)CC[C@H](O)C2(C)C. The van der Waals surface area contributed by atoms with Gasteiger partial charge in [-0.15, -0.1) is 0 Å². The molecule has 2 heteroatoms. The van der Waals surface area contributed by atoms with Gasteiger partial charge in [0.05, 0.1) is 6.10 Å². The van der Waals surface area contributed by atoms with Gasteiger partial charge in [0.2, 0.25) is 0 Å². The topological polar surface area (TPSA) is 40.5 Å². The van der Waals surface area contributed by atoms with Crippen molar-refractivity contribution in [3.05, 3.63) is 33.9 Å². The van der Waals surface area contributed by atoms with Crippen LogP contribution in [-0.2, 0) is 18.3 Å². The minimum atomic E-state index is -0.247. The summed E-state index contributed by atoms with van der Waals surface area (Å²) >= 11 is 0. The quantitative estimate of drug-likeness (QED) is 0.867. The van der Waals surface area contributed by atoms with Crippen molar-refractivity contribution >= 4 is 0 Å². The van der Waals surface area contributed by atoms with E-state index in [0.717, 1.165) is 32.1 Å². The molecule has 2 N–H and O–H groups in total. The average molecular weight is 304 g/mol. The van der Waals surface area contributed by atoms with Gasteiger partial charge in [-0.1, -0.05) is 26.8 Å². The van der Waals surface area contributed by atoms with Crippen LogP contribution >= 0.6 is 0 Å². The van der Waals surface area contributed by atoms with E-state index in [9.17, 15) is 5.11 Å². The van der Waals surface area contributed by atoms with Crippen LogP contribution < -0.4 is 0 Å². The van der Waals surface area contributed by atoms with E-state index < -0.39 is 0 Å². The average Bonchev–Trinajstić information content (AvgIpc) is 2.45. The van der Waals surface area contributed by atoms with Crippen LogP contribution in [0.3, 0.4) is 0 Å². The number of hydrogen-bond acceptors (Lipinski definition) is 2. The van der Waals surface area contributed by atoms with Crippen molar-refractivity contribution in [3.8, 4) is 0 Å². The predicted molar refractivity (Wildman–Crippen MR) is 92.5 cm³/mol. The minimum absolute atomic E-state index is 0.155.